The van der Waals surface area contributed by atoms with Crippen molar-refractivity contribution in [2.75, 3.05) is 20.6 Å². The molecule has 2 aromatic rings. The second-order valence-corrected chi connectivity index (χ2v) is 8.95. The SMILES string of the molecule is Cc1nn(CC(F)=CCN)c(C)c1Cc1ccc(S(=O)(=O)N(C)C)c(Cl)c1.Cl. The minimum Gasteiger partial charge on any atom is -0.327 e. The molecule has 156 valence electrons. The number of aryl methyl sites for hydroxylation is 1. The van der Waals surface area contributed by atoms with E-state index < -0.39 is 10.0 Å². The van der Waals surface area contributed by atoms with Crippen LogP contribution in [0, 0.1) is 13.8 Å². The fourth-order valence-electron chi connectivity index (χ4n) is 2.74. The number of rotatable bonds is 7. The third-order valence-corrected chi connectivity index (χ3v) is 6.61. The molecule has 0 aliphatic rings. The molecule has 0 radical (unpaired) electrons. The van der Waals surface area contributed by atoms with Gasteiger partial charge in [-0.2, -0.15) is 5.10 Å². The Balaban J connectivity index is 0.00000392. The van der Waals surface area contributed by atoms with Gasteiger partial charge in [-0.15, -0.1) is 12.4 Å². The number of nitrogens with two attached hydrogens (primary N) is 1. The molecule has 0 amide bonds. The van der Waals surface area contributed by atoms with Gasteiger partial charge in [0, 0.05) is 38.3 Å². The van der Waals surface area contributed by atoms with E-state index in [2.05, 4.69) is 5.10 Å². The first-order valence-electron chi connectivity index (χ1n) is 8.36. The lowest BCUT2D eigenvalue weighted by molar-refractivity contribution is 0.517. The van der Waals surface area contributed by atoms with Gasteiger partial charge in [0.25, 0.3) is 0 Å². The largest absolute Gasteiger partial charge is 0.327 e. The highest BCUT2D eigenvalue weighted by Gasteiger charge is 2.21. The minimum absolute atomic E-state index is 0. The molecule has 0 saturated carbocycles. The van der Waals surface area contributed by atoms with Crippen LogP contribution in [0.15, 0.2) is 35.0 Å². The van der Waals surface area contributed by atoms with Crippen molar-refractivity contribution in [2.45, 2.75) is 31.7 Å². The first-order chi connectivity index (χ1) is 12.6. The summed E-state index contributed by atoms with van der Waals surface area (Å²) in [6.45, 7) is 3.90. The Morgan fingerprint density at radius 1 is 1.36 bits per heavy atom. The van der Waals surface area contributed by atoms with Crippen LogP contribution in [0.3, 0.4) is 0 Å². The average molecular weight is 451 g/mol. The summed E-state index contributed by atoms with van der Waals surface area (Å²) in [5.41, 5.74) is 8.76. The zero-order valence-corrected chi connectivity index (χ0v) is 18.6. The summed E-state index contributed by atoms with van der Waals surface area (Å²) in [6, 6.07) is 4.88. The smallest absolute Gasteiger partial charge is 0.244 e. The average Bonchev–Trinajstić information content (AvgIpc) is 2.82. The predicted molar refractivity (Wildman–Crippen MR) is 112 cm³/mol. The van der Waals surface area contributed by atoms with Gasteiger partial charge < -0.3 is 5.73 Å². The molecule has 0 fully saturated rings. The summed E-state index contributed by atoms with van der Waals surface area (Å²) in [7, 11) is -0.687. The third-order valence-electron chi connectivity index (χ3n) is 4.31. The van der Waals surface area contributed by atoms with E-state index in [0.29, 0.717) is 6.42 Å². The molecule has 0 saturated heterocycles. The van der Waals surface area contributed by atoms with Crippen LogP contribution in [0.2, 0.25) is 5.02 Å². The van der Waals surface area contributed by atoms with Crippen LogP contribution in [0.25, 0.3) is 0 Å². The Morgan fingerprint density at radius 2 is 2.00 bits per heavy atom. The van der Waals surface area contributed by atoms with Crippen molar-refractivity contribution in [3.05, 3.63) is 57.6 Å². The second-order valence-electron chi connectivity index (χ2n) is 6.42. The molecular weight excluding hydrogens is 426 g/mol. The molecule has 0 bridgehead atoms. The molecule has 0 aliphatic carbocycles. The summed E-state index contributed by atoms with van der Waals surface area (Å²) in [4.78, 5) is 0.0658. The van der Waals surface area contributed by atoms with Gasteiger partial charge in [-0.05, 0) is 37.6 Å². The number of nitrogens with zero attached hydrogens (tertiary/aromatic N) is 3. The highest BCUT2D eigenvalue weighted by molar-refractivity contribution is 7.89. The van der Waals surface area contributed by atoms with Gasteiger partial charge in [-0.25, -0.2) is 17.1 Å². The lowest BCUT2D eigenvalue weighted by atomic mass is 10.0. The van der Waals surface area contributed by atoms with Crippen molar-refractivity contribution in [2.24, 2.45) is 5.73 Å². The van der Waals surface area contributed by atoms with Crippen LogP contribution in [-0.4, -0.2) is 43.1 Å². The van der Waals surface area contributed by atoms with Crippen molar-refractivity contribution < 1.29 is 12.8 Å². The molecular formula is C18H25Cl2FN4O2S. The summed E-state index contributed by atoms with van der Waals surface area (Å²) in [5, 5.41) is 4.56. The number of aromatic nitrogens is 2. The number of sulfonamides is 1. The predicted octanol–water partition coefficient (Wildman–Crippen LogP) is 3.23. The molecule has 0 spiro atoms. The van der Waals surface area contributed by atoms with E-state index in [1.165, 1.54) is 26.2 Å². The quantitative estimate of drug-likeness (QED) is 0.701. The zero-order valence-electron chi connectivity index (χ0n) is 16.2. The summed E-state index contributed by atoms with van der Waals surface area (Å²) < 4.78 is 41.0. The van der Waals surface area contributed by atoms with Gasteiger partial charge in [-0.3, -0.25) is 4.68 Å². The van der Waals surface area contributed by atoms with E-state index in [0.717, 1.165) is 26.8 Å². The van der Waals surface area contributed by atoms with Crippen molar-refractivity contribution in [1.29, 1.82) is 0 Å². The van der Waals surface area contributed by atoms with Gasteiger partial charge in [-0.1, -0.05) is 17.7 Å². The van der Waals surface area contributed by atoms with Crippen LogP contribution in [0.1, 0.15) is 22.5 Å². The first-order valence-corrected chi connectivity index (χ1v) is 10.2. The Labute approximate surface area is 176 Å². The molecule has 0 atom stereocenters. The lowest BCUT2D eigenvalue weighted by Gasteiger charge is -2.13. The van der Waals surface area contributed by atoms with E-state index in [4.69, 9.17) is 17.3 Å². The molecule has 2 N–H and O–H groups in total. The van der Waals surface area contributed by atoms with Crippen molar-refractivity contribution in [1.82, 2.24) is 14.1 Å². The van der Waals surface area contributed by atoms with Crippen LogP contribution >= 0.6 is 24.0 Å². The highest BCUT2D eigenvalue weighted by Crippen LogP contribution is 2.27. The molecule has 1 aromatic carbocycles. The number of hydrogen-bond acceptors (Lipinski definition) is 4. The van der Waals surface area contributed by atoms with Gasteiger partial charge >= 0.3 is 0 Å². The molecule has 1 heterocycles. The Morgan fingerprint density at radius 3 is 2.54 bits per heavy atom. The molecule has 1 aromatic heterocycles. The lowest BCUT2D eigenvalue weighted by Crippen LogP contribution is -2.22. The topological polar surface area (TPSA) is 81.2 Å². The first kappa shape index (κ1) is 24.6. The molecule has 2 rings (SSSR count). The monoisotopic (exact) mass is 450 g/mol. The van der Waals surface area contributed by atoms with Crippen LogP contribution in [0.5, 0.6) is 0 Å². The fourth-order valence-corrected chi connectivity index (χ4v) is 4.18. The maximum atomic E-state index is 13.8. The molecule has 0 aliphatic heterocycles. The molecule has 6 nitrogen and oxygen atoms in total. The summed E-state index contributed by atoms with van der Waals surface area (Å²) in [5.74, 6) is -0.337. The summed E-state index contributed by atoms with van der Waals surface area (Å²) >= 11 is 6.22. The number of hydrogen-bond donors (Lipinski definition) is 1. The van der Waals surface area contributed by atoms with Crippen LogP contribution < -0.4 is 5.73 Å². The van der Waals surface area contributed by atoms with Crippen LogP contribution in [-0.2, 0) is 23.0 Å². The van der Waals surface area contributed by atoms with Crippen molar-refractivity contribution >= 4 is 34.0 Å². The molecule has 28 heavy (non-hydrogen) atoms. The van der Waals surface area contributed by atoms with E-state index in [-0.39, 0.29) is 41.2 Å². The number of allylic oxidation sites excluding steroid dienone is 1. The van der Waals surface area contributed by atoms with Crippen molar-refractivity contribution in [3.63, 3.8) is 0 Å². The Bertz CT molecular complexity index is 972. The fraction of sp³-hybridized carbons (Fsp3) is 0.389. The normalized spacial score (nSPS) is 12.4. The van der Waals surface area contributed by atoms with E-state index in [9.17, 15) is 12.8 Å². The second kappa shape index (κ2) is 9.84. The highest BCUT2D eigenvalue weighted by atomic mass is 35.5. The van der Waals surface area contributed by atoms with Gasteiger partial charge in [0.05, 0.1) is 17.3 Å². The standard InChI is InChI=1S/C18H24ClFN4O2S.ClH/c1-12-16(13(2)24(22-12)11-15(20)7-8-21)9-14-5-6-18(17(19)10-14)27(25,26)23(3)4;/h5-7,10H,8-9,11,21H2,1-4H3;1H. The molecule has 0 unspecified atom stereocenters. The maximum absolute atomic E-state index is 13.8. The van der Waals surface area contributed by atoms with Gasteiger partial charge in [0.1, 0.15) is 10.7 Å². The minimum atomic E-state index is -3.60. The van der Waals surface area contributed by atoms with E-state index >= 15 is 0 Å². The Kier molecular flexibility index (Phi) is 8.64. The van der Waals surface area contributed by atoms with Gasteiger partial charge in [0.2, 0.25) is 10.0 Å². The van der Waals surface area contributed by atoms with E-state index in [1.807, 2.05) is 13.8 Å². The number of benzene rings is 1. The van der Waals surface area contributed by atoms with Crippen molar-refractivity contribution in [3.8, 4) is 0 Å². The number of halogens is 3. The van der Waals surface area contributed by atoms with Crippen LogP contribution in [0.4, 0.5) is 4.39 Å². The van der Waals surface area contributed by atoms with E-state index in [1.54, 1.807) is 16.8 Å². The zero-order chi connectivity index (χ0) is 20.4. The maximum Gasteiger partial charge on any atom is 0.244 e. The van der Waals surface area contributed by atoms with Gasteiger partial charge in [0.15, 0.2) is 0 Å². The Hall–Kier alpha value is -1.45. The summed E-state index contributed by atoms with van der Waals surface area (Å²) in [6.07, 6.45) is 1.84. The molecule has 10 heteroatoms. The third kappa shape index (κ3) is 5.33.